The van der Waals surface area contributed by atoms with Crippen LogP contribution in [0, 0.1) is 0 Å². The molecule has 5 heteroatoms. The van der Waals surface area contributed by atoms with Crippen LogP contribution in [0.2, 0.25) is 0 Å². The fourth-order valence-electron chi connectivity index (χ4n) is 1.32. The monoisotopic (exact) mass is 235 g/mol. The second kappa shape index (κ2) is 4.42. The number of aromatic nitrogens is 1. The summed E-state index contributed by atoms with van der Waals surface area (Å²) in [6.45, 7) is 0. The van der Waals surface area contributed by atoms with Crippen LogP contribution in [0.3, 0.4) is 0 Å². The Bertz CT molecular complexity index is 478. The van der Waals surface area contributed by atoms with E-state index >= 15 is 0 Å². The average Bonchev–Trinajstić information content (AvgIpc) is 2.81. The maximum atomic E-state index is 10.6. The zero-order chi connectivity index (χ0) is 11.5. The van der Waals surface area contributed by atoms with Crippen LogP contribution < -0.4 is 0 Å². The van der Waals surface area contributed by atoms with Crippen molar-refractivity contribution >= 4 is 17.3 Å². The molecule has 4 nitrogen and oxygen atoms in total. The molecule has 1 aromatic carbocycles. The number of aliphatic carboxylic acids is 1. The van der Waals surface area contributed by atoms with E-state index < -0.39 is 12.1 Å². The number of carbonyl (C=O) groups is 1. The normalized spacial score (nSPS) is 12.3. The number of benzene rings is 1. The predicted molar refractivity (Wildman–Crippen MR) is 60.1 cm³/mol. The zero-order valence-electron chi connectivity index (χ0n) is 8.20. The van der Waals surface area contributed by atoms with Gasteiger partial charge in [-0.15, -0.1) is 11.3 Å². The van der Waals surface area contributed by atoms with Crippen molar-refractivity contribution in [1.29, 1.82) is 0 Å². The first kappa shape index (κ1) is 10.8. The van der Waals surface area contributed by atoms with E-state index in [1.165, 1.54) is 11.3 Å². The molecule has 16 heavy (non-hydrogen) atoms. The SMILES string of the molecule is O=C(O)C(O)c1ccc(-c2nccs2)cc1. The van der Waals surface area contributed by atoms with Crippen molar-refractivity contribution < 1.29 is 15.0 Å². The first-order valence-corrected chi connectivity index (χ1v) is 5.47. The van der Waals surface area contributed by atoms with Gasteiger partial charge in [0.15, 0.2) is 6.10 Å². The van der Waals surface area contributed by atoms with Crippen LogP contribution in [0.15, 0.2) is 35.8 Å². The van der Waals surface area contributed by atoms with Crippen molar-refractivity contribution in [2.45, 2.75) is 6.10 Å². The van der Waals surface area contributed by atoms with Gasteiger partial charge in [-0.2, -0.15) is 0 Å². The summed E-state index contributed by atoms with van der Waals surface area (Å²) in [4.78, 5) is 14.7. The molecule has 2 rings (SSSR count). The van der Waals surface area contributed by atoms with Crippen LogP contribution in [-0.2, 0) is 4.79 Å². The highest BCUT2D eigenvalue weighted by molar-refractivity contribution is 7.13. The summed E-state index contributed by atoms with van der Waals surface area (Å²) in [5.41, 5.74) is 1.28. The maximum absolute atomic E-state index is 10.6. The van der Waals surface area contributed by atoms with Crippen LogP contribution in [0.1, 0.15) is 11.7 Å². The minimum atomic E-state index is -1.47. The van der Waals surface area contributed by atoms with E-state index in [0.29, 0.717) is 5.56 Å². The van der Waals surface area contributed by atoms with Gasteiger partial charge in [0.2, 0.25) is 0 Å². The second-order valence-corrected chi connectivity index (χ2v) is 4.09. The molecule has 0 saturated heterocycles. The van der Waals surface area contributed by atoms with E-state index in [4.69, 9.17) is 5.11 Å². The molecular formula is C11H9NO3S. The summed E-state index contributed by atoms with van der Waals surface area (Å²) in [7, 11) is 0. The Morgan fingerprint density at radius 1 is 1.31 bits per heavy atom. The van der Waals surface area contributed by atoms with E-state index in [0.717, 1.165) is 10.6 Å². The van der Waals surface area contributed by atoms with Gasteiger partial charge < -0.3 is 10.2 Å². The molecule has 0 aliphatic carbocycles. The van der Waals surface area contributed by atoms with Gasteiger partial charge in [-0.25, -0.2) is 9.78 Å². The number of nitrogens with zero attached hydrogens (tertiary/aromatic N) is 1. The standard InChI is InChI=1S/C11H9NO3S/c13-9(11(14)15)7-1-3-8(4-2-7)10-12-5-6-16-10/h1-6,9,13H,(H,14,15). The number of hydrogen-bond donors (Lipinski definition) is 2. The Balaban J connectivity index is 2.26. The molecule has 0 aliphatic heterocycles. The minimum Gasteiger partial charge on any atom is -0.479 e. The average molecular weight is 235 g/mol. The highest BCUT2D eigenvalue weighted by atomic mass is 32.1. The molecule has 0 spiro atoms. The summed E-state index contributed by atoms with van der Waals surface area (Å²) in [5, 5.41) is 20.7. The van der Waals surface area contributed by atoms with Crippen molar-refractivity contribution in [3.05, 3.63) is 41.4 Å². The summed E-state index contributed by atoms with van der Waals surface area (Å²) in [6, 6.07) is 6.69. The van der Waals surface area contributed by atoms with Crippen LogP contribution in [0.4, 0.5) is 0 Å². The zero-order valence-corrected chi connectivity index (χ0v) is 9.02. The van der Waals surface area contributed by atoms with Crippen molar-refractivity contribution in [2.24, 2.45) is 0 Å². The first-order valence-electron chi connectivity index (χ1n) is 4.59. The maximum Gasteiger partial charge on any atom is 0.337 e. The van der Waals surface area contributed by atoms with Gasteiger partial charge in [0.05, 0.1) is 0 Å². The summed E-state index contributed by atoms with van der Waals surface area (Å²) in [5.74, 6) is -1.25. The lowest BCUT2D eigenvalue weighted by Gasteiger charge is -2.05. The number of carboxylic acid groups (broad SMARTS) is 1. The Hall–Kier alpha value is -1.72. The molecule has 82 valence electrons. The Morgan fingerprint density at radius 3 is 2.50 bits per heavy atom. The molecule has 0 fully saturated rings. The topological polar surface area (TPSA) is 70.4 Å². The number of carboxylic acids is 1. The predicted octanol–water partition coefficient (Wildman–Crippen LogP) is 1.93. The fraction of sp³-hybridized carbons (Fsp3) is 0.0909. The van der Waals surface area contributed by atoms with Gasteiger partial charge in [0.1, 0.15) is 5.01 Å². The largest absolute Gasteiger partial charge is 0.479 e. The van der Waals surface area contributed by atoms with Crippen LogP contribution in [0.25, 0.3) is 10.6 Å². The molecule has 0 bridgehead atoms. The van der Waals surface area contributed by atoms with E-state index in [1.807, 2.05) is 5.38 Å². The van der Waals surface area contributed by atoms with Crippen molar-refractivity contribution in [3.63, 3.8) is 0 Å². The second-order valence-electron chi connectivity index (χ2n) is 3.20. The lowest BCUT2D eigenvalue weighted by Crippen LogP contribution is -2.09. The lowest BCUT2D eigenvalue weighted by atomic mass is 10.1. The Labute approximate surface area is 95.8 Å². The molecule has 0 radical (unpaired) electrons. The fourth-order valence-corrected chi connectivity index (χ4v) is 1.96. The number of rotatable bonds is 3. The molecule has 1 heterocycles. The number of thiazole rings is 1. The molecule has 1 aromatic heterocycles. The van der Waals surface area contributed by atoms with Crippen molar-refractivity contribution in [3.8, 4) is 10.6 Å². The molecular weight excluding hydrogens is 226 g/mol. The Kier molecular flexibility index (Phi) is 2.98. The summed E-state index contributed by atoms with van der Waals surface area (Å²) < 4.78 is 0. The van der Waals surface area contributed by atoms with Gasteiger partial charge in [-0.05, 0) is 5.56 Å². The Morgan fingerprint density at radius 2 is 2.00 bits per heavy atom. The molecule has 0 saturated carbocycles. The van der Waals surface area contributed by atoms with Crippen LogP contribution in [0.5, 0.6) is 0 Å². The highest BCUT2D eigenvalue weighted by Gasteiger charge is 2.15. The van der Waals surface area contributed by atoms with E-state index in [1.54, 1.807) is 30.5 Å². The summed E-state index contributed by atoms with van der Waals surface area (Å²) in [6.07, 6.45) is 0.241. The van der Waals surface area contributed by atoms with Gasteiger partial charge in [-0.3, -0.25) is 0 Å². The summed E-state index contributed by atoms with van der Waals surface area (Å²) >= 11 is 1.51. The van der Waals surface area contributed by atoms with Gasteiger partial charge >= 0.3 is 5.97 Å². The minimum absolute atomic E-state index is 0.368. The lowest BCUT2D eigenvalue weighted by molar-refractivity contribution is -0.146. The smallest absolute Gasteiger partial charge is 0.337 e. The van der Waals surface area contributed by atoms with Crippen LogP contribution >= 0.6 is 11.3 Å². The third kappa shape index (κ3) is 2.10. The number of hydrogen-bond acceptors (Lipinski definition) is 4. The highest BCUT2D eigenvalue weighted by Crippen LogP contribution is 2.23. The van der Waals surface area contributed by atoms with Crippen molar-refractivity contribution in [2.75, 3.05) is 0 Å². The number of aliphatic hydroxyl groups is 1. The molecule has 1 unspecified atom stereocenters. The number of aliphatic hydroxyl groups excluding tert-OH is 1. The molecule has 2 aromatic rings. The molecule has 0 amide bonds. The van der Waals surface area contributed by atoms with E-state index in [-0.39, 0.29) is 0 Å². The van der Waals surface area contributed by atoms with E-state index in [9.17, 15) is 9.90 Å². The van der Waals surface area contributed by atoms with E-state index in [2.05, 4.69) is 4.98 Å². The van der Waals surface area contributed by atoms with Gasteiger partial charge in [-0.1, -0.05) is 24.3 Å². The molecule has 2 N–H and O–H groups in total. The van der Waals surface area contributed by atoms with Crippen molar-refractivity contribution in [1.82, 2.24) is 4.98 Å². The third-order valence-electron chi connectivity index (χ3n) is 2.14. The quantitative estimate of drug-likeness (QED) is 0.852. The van der Waals surface area contributed by atoms with Crippen LogP contribution in [-0.4, -0.2) is 21.2 Å². The first-order chi connectivity index (χ1) is 7.68. The molecule has 1 atom stereocenters. The molecule has 0 aliphatic rings. The third-order valence-corrected chi connectivity index (χ3v) is 2.96. The van der Waals surface area contributed by atoms with Gasteiger partial charge in [0.25, 0.3) is 0 Å². The van der Waals surface area contributed by atoms with Gasteiger partial charge in [0, 0.05) is 17.1 Å².